The fraction of sp³-hybridized carbons (Fsp3) is 0.423. The van der Waals surface area contributed by atoms with Crippen LogP contribution in [0.3, 0.4) is 0 Å². The van der Waals surface area contributed by atoms with Crippen molar-refractivity contribution in [3.63, 3.8) is 0 Å². The van der Waals surface area contributed by atoms with Crippen molar-refractivity contribution in [2.75, 3.05) is 26.4 Å². The molecule has 0 saturated heterocycles. The van der Waals surface area contributed by atoms with Crippen LogP contribution in [0.5, 0.6) is 5.75 Å². The van der Waals surface area contributed by atoms with Gasteiger partial charge in [0.05, 0.1) is 3.57 Å². The number of benzene rings is 1. The van der Waals surface area contributed by atoms with Crippen LogP contribution in [-0.2, 0) is 25.4 Å². The molecule has 1 unspecified atom stereocenters. The maximum atomic E-state index is 12.8. The van der Waals surface area contributed by atoms with Gasteiger partial charge in [0.2, 0.25) is 0 Å². The number of alkyl halides is 6. The highest BCUT2D eigenvalue weighted by Crippen LogP contribution is 2.31. The van der Waals surface area contributed by atoms with E-state index in [4.69, 9.17) is 14.2 Å². The van der Waals surface area contributed by atoms with Gasteiger partial charge in [-0.05, 0) is 71.5 Å². The van der Waals surface area contributed by atoms with Gasteiger partial charge in [0, 0.05) is 19.4 Å². The SMILES string of the molecule is CCO[C@@H](Cc1ccc(OC/C=C\C#CC2(OCC(F)(F)F)C=CC=C(OCC(F)(F)F)C2)c(I)c1)C(=O)O. The lowest BCUT2D eigenvalue weighted by molar-refractivity contribution is -0.191. The van der Waals surface area contributed by atoms with Crippen molar-refractivity contribution in [3.8, 4) is 17.6 Å². The van der Waals surface area contributed by atoms with Crippen LogP contribution in [0.25, 0.3) is 0 Å². The highest BCUT2D eigenvalue weighted by molar-refractivity contribution is 14.1. The third-order valence-electron chi connectivity index (χ3n) is 4.88. The molecule has 1 aromatic rings. The molecule has 0 radical (unpaired) electrons. The molecule has 6 nitrogen and oxygen atoms in total. The Balaban J connectivity index is 2.02. The molecule has 1 aromatic carbocycles. The van der Waals surface area contributed by atoms with Crippen LogP contribution in [-0.4, -0.2) is 61.6 Å². The van der Waals surface area contributed by atoms with Crippen LogP contribution in [0, 0.1) is 15.4 Å². The first-order valence-corrected chi connectivity index (χ1v) is 12.5. The van der Waals surface area contributed by atoms with E-state index in [0.717, 1.165) is 9.13 Å². The quantitative estimate of drug-likeness (QED) is 0.167. The summed E-state index contributed by atoms with van der Waals surface area (Å²) in [6.45, 7) is -1.24. The van der Waals surface area contributed by atoms with Crippen molar-refractivity contribution < 1.29 is 55.2 Å². The molecule has 1 aliphatic rings. The van der Waals surface area contributed by atoms with Gasteiger partial charge in [-0.3, -0.25) is 0 Å². The first-order chi connectivity index (χ1) is 18.2. The van der Waals surface area contributed by atoms with E-state index in [1.54, 1.807) is 25.1 Å². The molecule has 0 saturated carbocycles. The molecule has 0 heterocycles. The molecule has 1 aliphatic carbocycles. The van der Waals surface area contributed by atoms with Crippen LogP contribution < -0.4 is 4.74 Å². The van der Waals surface area contributed by atoms with Crippen molar-refractivity contribution in [3.05, 3.63) is 63.5 Å². The minimum atomic E-state index is -4.68. The smallest absolute Gasteiger partial charge is 0.422 e. The number of rotatable bonds is 12. The van der Waals surface area contributed by atoms with Crippen LogP contribution in [0.4, 0.5) is 26.3 Å². The van der Waals surface area contributed by atoms with Gasteiger partial charge in [-0.25, -0.2) is 4.79 Å². The Morgan fingerprint density at radius 1 is 1.18 bits per heavy atom. The van der Waals surface area contributed by atoms with E-state index >= 15 is 0 Å². The minimum Gasteiger partial charge on any atom is -0.488 e. The maximum Gasteiger partial charge on any atom is 0.422 e. The predicted octanol–water partition coefficient (Wildman–Crippen LogP) is 6.00. The van der Waals surface area contributed by atoms with Gasteiger partial charge < -0.3 is 24.1 Å². The number of aliphatic carboxylic acids is 1. The van der Waals surface area contributed by atoms with Crippen LogP contribution >= 0.6 is 22.6 Å². The summed E-state index contributed by atoms with van der Waals surface area (Å²) in [7, 11) is 0. The molecule has 13 heteroatoms. The molecule has 0 amide bonds. The van der Waals surface area contributed by atoms with Gasteiger partial charge in [0.25, 0.3) is 0 Å². The largest absolute Gasteiger partial charge is 0.488 e. The number of hydrogen-bond acceptors (Lipinski definition) is 5. The van der Waals surface area contributed by atoms with Gasteiger partial charge in [0.1, 0.15) is 24.7 Å². The van der Waals surface area contributed by atoms with Gasteiger partial charge in [-0.15, -0.1) is 0 Å². The van der Waals surface area contributed by atoms with E-state index in [0.29, 0.717) is 5.75 Å². The van der Waals surface area contributed by atoms with Crippen LogP contribution in [0.2, 0.25) is 0 Å². The first-order valence-electron chi connectivity index (χ1n) is 11.4. The van der Waals surface area contributed by atoms with Crippen molar-refractivity contribution >= 4 is 28.6 Å². The van der Waals surface area contributed by atoms with Crippen molar-refractivity contribution in [1.29, 1.82) is 0 Å². The average molecular weight is 674 g/mol. The summed E-state index contributed by atoms with van der Waals surface area (Å²) >= 11 is 2.03. The average Bonchev–Trinajstić information content (AvgIpc) is 2.84. The second-order valence-corrected chi connectivity index (χ2v) is 9.26. The van der Waals surface area contributed by atoms with E-state index in [9.17, 15) is 36.2 Å². The normalized spacial score (nSPS) is 18.3. The molecular formula is C26H25F6IO6. The number of halogens is 7. The summed E-state index contributed by atoms with van der Waals surface area (Å²) in [6, 6.07) is 5.14. The molecule has 0 aromatic heterocycles. The summed E-state index contributed by atoms with van der Waals surface area (Å²) < 4.78 is 96.9. The molecule has 2 atom stereocenters. The number of carboxylic acids is 1. The molecule has 0 fully saturated rings. The fourth-order valence-corrected chi connectivity index (χ4v) is 3.96. The van der Waals surface area contributed by atoms with E-state index in [2.05, 4.69) is 16.6 Å². The van der Waals surface area contributed by atoms with E-state index in [1.165, 1.54) is 30.4 Å². The Morgan fingerprint density at radius 2 is 1.90 bits per heavy atom. The van der Waals surface area contributed by atoms with Crippen molar-refractivity contribution in [1.82, 2.24) is 0 Å². The molecule has 2 rings (SSSR count). The monoisotopic (exact) mass is 674 g/mol. The summed E-state index contributed by atoms with van der Waals surface area (Å²) in [6.07, 6.45) is -4.05. The van der Waals surface area contributed by atoms with Gasteiger partial charge in [-0.1, -0.05) is 24.0 Å². The Morgan fingerprint density at radius 3 is 2.51 bits per heavy atom. The standard InChI is InChI=1S/C26H25F6IO6/c1-2-36-22(23(34)35)14-18-8-9-21(20(33)13-18)37-12-5-3-4-10-24(39-17-26(30,31)32)11-6-7-19(15-24)38-16-25(27,28)29/h3,5-9,11,13,22H,2,12,14-17H2,1H3,(H,34,35)/b5-3-/t22-,24?/m0/s1. The lowest BCUT2D eigenvalue weighted by atomic mass is 9.94. The molecule has 1 N–H and O–H groups in total. The van der Waals surface area contributed by atoms with Gasteiger partial charge in [0.15, 0.2) is 18.3 Å². The summed E-state index contributed by atoms with van der Waals surface area (Å²) in [4.78, 5) is 11.3. The number of allylic oxidation sites excluding steroid dienone is 3. The van der Waals surface area contributed by atoms with Gasteiger partial charge in [-0.2, -0.15) is 26.3 Å². The summed E-state index contributed by atoms with van der Waals surface area (Å²) in [5.74, 6) is 4.31. The number of hydrogen-bond donors (Lipinski definition) is 1. The lowest BCUT2D eigenvalue weighted by Crippen LogP contribution is -2.35. The van der Waals surface area contributed by atoms with Gasteiger partial charge >= 0.3 is 18.3 Å². The summed E-state index contributed by atoms with van der Waals surface area (Å²) in [5.41, 5.74) is -1.09. The number of carboxylic acid groups (broad SMARTS) is 1. The number of carbonyl (C=O) groups is 1. The molecule has 0 bridgehead atoms. The highest BCUT2D eigenvalue weighted by atomic mass is 127. The second-order valence-electron chi connectivity index (χ2n) is 8.10. The van der Waals surface area contributed by atoms with Crippen LogP contribution in [0.15, 0.2) is 54.3 Å². The molecule has 39 heavy (non-hydrogen) atoms. The minimum absolute atomic E-state index is 0.0484. The van der Waals surface area contributed by atoms with Crippen LogP contribution in [0.1, 0.15) is 18.9 Å². The third-order valence-corrected chi connectivity index (χ3v) is 5.72. The third kappa shape index (κ3) is 12.3. The Bertz CT molecular complexity index is 1130. The fourth-order valence-electron chi connectivity index (χ4n) is 3.22. The zero-order valence-corrected chi connectivity index (χ0v) is 22.7. The van der Waals surface area contributed by atoms with E-state index in [1.807, 2.05) is 22.6 Å². The maximum absolute atomic E-state index is 12.8. The number of ether oxygens (including phenoxy) is 4. The molecule has 0 aliphatic heterocycles. The summed E-state index contributed by atoms with van der Waals surface area (Å²) in [5, 5.41) is 9.23. The Kier molecular flexibility index (Phi) is 12.2. The van der Waals surface area contributed by atoms with Crippen molar-refractivity contribution in [2.45, 2.75) is 43.8 Å². The second kappa shape index (κ2) is 14.6. The first kappa shape index (κ1) is 32.5. The van der Waals surface area contributed by atoms with E-state index in [-0.39, 0.29) is 25.4 Å². The van der Waals surface area contributed by atoms with E-state index < -0.39 is 49.7 Å². The zero-order chi connectivity index (χ0) is 29.1. The predicted molar refractivity (Wildman–Crippen MR) is 137 cm³/mol. The zero-order valence-electron chi connectivity index (χ0n) is 20.6. The molecular weight excluding hydrogens is 649 g/mol. The molecule has 214 valence electrons. The van der Waals surface area contributed by atoms with Crippen molar-refractivity contribution in [2.24, 2.45) is 0 Å². The Labute approximate surface area is 234 Å². The molecule has 0 spiro atoms. The Hall–Kier alpha value is -2.70. The highest BCUT2D eigenvalue weighted by Gasteiger charge is 2.37. The lowest BCUT2D eigenvalue weighted by Gasteiger charge is -2.29. The topological polar surface area (TPSA) is 74.2 Å².